The normalized spacial score (nSPS) is 24.0. The molecule has 1 aliphatic rings. The first kappa shape index (κ1) is 13.0. The fourth-order valence-electron chi connectivity index (χ4n) is 2.54. The standard InChI is InChI=1S/C13H28N2/c1-12(14)7-4-5-9-15-10-6-8-13(2,3)11-15/h12H,4-11,14H2,1-3H3. The van der Waals surface area contributed by atoms with Crippen LogP contribution < -0.4 is 5.73 Å². The molecule has 15 heavy (non-hydrogen) atoms. The van der Waals surface area contributed by atoms with Gasteiger partial charge < -0.3 is 10.6 Å². The average molecular weight is 212 g/mol. The summed E-state index contributed by atoms with van der Waals surface area (Å²) in [5.74, 6) is 0. The lowest BCUT2D eigenvalue weighted by atomic mass is 9.84. The summed E-state index contributed by atoms with van der Waals surface area (Å²) in [4.78, 5) is 2.63. The van der Waals surface area contributed by atoms with Gasteiger partial charge in [0.25, 0.3) is 0 Å². The Morgan fingerprint density at radius 1 is 1.33 bits per heavy atom. The number of piperidine rings is 1. The molecule has 2 N–H and O–H groups in total. The molecule has 0 saturated carbocycles. The van der Waals surface area contributed by atoms with E-state index in [1.54, 1.807) is 0 Å². The second-order valence-corrected chi connectivity index (χ2v) is 6.02. The Kier molecular flexibility index (Phi) is 5.07. The molecule has 1 heterocycles. The maximum Gasteiger partial charge on any atom is 0.00327 e. The topological polar surface area (TPSA) is 29.3 Å². The first-order valence-electron chi connectivity index (χ1n) is 6.47. The van der Waals surface area contributed by atoms with E-state index in [-0.39, 0.29) is 0 Å². The van der Waals surface area contributed by atoms with Crippen LogP contribution in [-0.2, 0) is 0 Å². The zero-order chi connectivity index (χ0) is 11.3. The summed E-state index contributed by atoms with van der Waals surface area (Å²) in [6.45, 7) is 10.7. The Bertz CT molecular complexity index is 175. The number of likely N-dealkylation sites (tertiary alicyclic amines) is 1. The molecule has 0 aliphatic carbocycles. The van der Waals surface area contributed by atoms with Crippen LogP contribution in [0, 0.1) is 5.41 Å². The highest BCUT2D eigenvalue weighted by Crippen LogP contribution is 2.28. The Balaban J connectivity index is 2.11. The number of hydrogen-bond acceptors (Lipinski definition) is 2. The number of nitrogens with two attached hydrogens (primary N) is 1. The molecule has 1 unspecified atom stereocenters. The molecular formula is C13H28N2. The molecule has 90 valence electrons. The molecule has 0 spiro atoms. The SMILES string of the molecule is CC(N)CCCCN1CCCC(C)(C)C1. The van der Waals surface area contributed by atoms with E-state index in [0.717, 1.165) is 0 Å². The van der Waals surface area contributed by atoms with Crippen LogP contribution in [0.4, 0.5) is 0 Å². The molecule has 0 amide bonds. The van der Waals surface area contributed by atoms with Gasteiger partial charge in [0.1, 0.15) is 0 Å². The maximum atomic E-state index is 5.74. The van der Waals surface area contributed by atoms with Crippen LogP contribution in [-0.4, -0.2) is 30.6 Å². The van der Waals surface area contributed by atoms with Crippen molar-refractivity contribution in [2.75, 3.05) is 19.6 Å². The summed E-state index contributed by atoms with van der Waals surface area (Å²) in [5, 5.41) is 0. The summed E-state index contributed by atoms with van der Waals surface area (Å²) >= 11 is 0. The lowest BCUT2D eigenvalue weighted by Gasteiger charge is -2.38. The summed E-state index contributed by atoms with van der Waals surface area (Å²) in [6, 6.07) is 0.378. The predicted octanol–water partition coefficient (Wildman–Crippen LogP) is 2.63. The summed E-state index contributed by atoms with van der Waals surface area (Å²) in [5.41, 5.74) is 6.28. The van der Waals surface area contributed by atoms with Gasteiger partial charge in [-0.05, 0) is 51.1 Å². The molecule has 0 aromatic heterocycles. The van der Waals surface area contributed by atoms with E-state index in [0.29, 0.717) is 11.5 Å². The zero-order valence-corrected chi connectivity index (χ0v) is 10.8. The van der Waals surface area contributed by atoms with E-state index in [1.807, 2.05) is 0 Å². The van der Waals surface area contributed by atoms with E-state index >= 15 is 0 Å². The van der Waals surface area contributed by atoms with Gasteiger partial charge in [0.15, 0.2) is 0 Å². The number of nitrogens with zero attached hydrogens (tertiary/aromatic N) is 1. The minimum Gasteiger partial charge on any atom is -0.328 e. The number of unbranched alkanes of at least 4 members (excludes halogenated alkanes) is 1. The van der Waals surface area contributed by atoms with Crippen LogP contribution in [0.2, 0.25) is 0 Å². The predicted molar refractivity (Wildman–Crippen MR) is 67.0 cm³/mol. The average Bonchev–Trinajstić information content (AvgIpc) is 2.10. The molecule has 2 heteroatoms. The summed E-state index contributed by atoms with van der Waals surface area (Å²) < 4.78 is 0. The van der Waals surface area contributed by atoms with E-state index in [9.17, 15) is 0 Å². The molecule has 1 fully saturated rings. The lowest BCUT2D eigenvalue weighted by Crippen LogP contribution is -2.40. The smallest absolute Gasteiger partial charge is 0.00327 e. The van der Waals surface area contributed by atoms with Gasteiger partial charge in [0.05, 0.1) is 0 Å². The van der Waals surface area contributed by atoms with Crippen LogP contribution >= 0.6 is 0 Å². The van der Waals surface area contributed by atoms with Crippen molar-refractivity contribution in [3.05, 3.63) is 0 Å². The van der Waals surface area contributed by atoms with Gasteiger partial charge in [-0.3, -0.25) is 0 Å². The highest BCUT2D eigenvalue weighted by atomic mass is 15.1. The van der Waals surface area contributed by atoms with E-state index in [2.05, 4.69) is 25.7 Å². The van der Waals surface area contributed by atoms with Crippen molar-refractivity contribution < 1.29 is 0 Å². The molecule has 1 aliphatic heterocycles. The fraction of sp³-hybridized carbons (Fsp3) is 1.00. The van der Waals surface area contributed by atoms with Gasteiger partial charge in [0, 0.05) is 12.6 Å². The molecule has 0 aromatic rings. The Morgan fingerprint density at radius 3 is 2.67 bits per heavy atom. The largest absolute Gasteiger partial charge is 0.328 e. The minimum atomic E-state index is 0.378. The number of hydrogen-bond donors (Lipinski definition) is 1. The quantitative estimate of drug-likeness (QED) is 0.710. The van der Waals surface area contributed by atoms with Crippen LogP contribution in [0.25, 0.3) is 0 Å². The van der Waals surface area contributed by atoms with Crippen LogP contribution in [0.1, 0.15) is 52.9 Å². The second kappa shape index (κ2) is 5.86. The molecular weight excluding hydrogens is 184 g/mol. The van der Waals surface area contributed by atoms with E-state index < -0.39 is 0 Å². The van der Waals surface area contributed by atoms with Crippen LogP contribution in [0.15, 0.2) is 0 Å². The van der Waals surface area contributed by atoms with E-state index in [1.165, 1.54) is 51.7 Å². The molecule has 2 nitrogen and oxygen atoms in total. The van der Waals surface area contributed by atoms with Crippen molar-refractivity contribution in [3.63, 3.8) is 0 Å². The first-order valence-corrected chi connectivity index (χ1v) is 6.47. The molecule has 1 rings (SSSR count). The molecule has 0 radical (unpaired) electrons. The maximum absolute atomic E-state index is 5.74. The fourth-order valence-corrected chi connectivity index (χ4v) is 2.54. The highest BCUT2D eigenvalue weighted by molar-refractivity contribution is 4.79. The molecule has 1 saturated heterocycles. The van der Waals surface area contributed by atoms with E-state index in [4.69, 9.17) is 5.73 Å². The van der Waals surface area contributed by atoms with Crippen molar-refractivity contribution in [1.29, 1.82) is 0 Å². The summed E-state index contributed by atoms with van der Waals surface area (Å²) in [6.07, 6.45) is 6.55. The van der Waals surface area contributed by atoms with Gasteiger partial charge in [0.2, 0.25) is 0 Å². The molecule has 0 bridgehead atoms. The minimum absolute atomic E-state index is 0.378. The van der Waals surface area contributed by atoms with Crippen LogP contribution in [0.5, 0.6) is 0 Å². The first-order chi connectivity index (χ1) is 6.99. The van der Waals surface area contributed by atoms with Gasteiger partial charge in [-0.15, -0.1) is 0 Å². The highest BCUT2D eigenvalue weighted by Gasteiger charge is 2.25. The van der Waals surface area contributed by atoms with Crippen molar-refractivity contribution in [3.8, 4) is 0 Å². The molecule has 0 aromatic carbocycles. The van der Waals surface area contributed by atoms with Gasteiger partial charge in [-0.1, -0.05) is 20.3 Å². The summed E-state index contributed by atoms with van der Waals surface area (Å²) in [7, 11) is 0. The lowest BCUT2D eigenvalue weighted by molar-refractivity contribution is 0.116. The van der Waals surface area contributed by atoms with Gasteiger partial charge in [-0.25, -0.2) is 0 Å². The Labute approximate surface area is 95.2 Å². The van der Waals surface area contributed by atoms with Crippen molar-refractivity contribution in [2.45, 2.75) is 58.9 Å². The van der Waals surface area contributed by atoms with Crippen LogP contribution in [0.3, 0.4) is 0 Å². The second-order valence-electron chi connectivity index (χ2n) is 6.02. The van der Waals surface area contributed by atoms with Gasteiger partial charge >= 0.3 is 0 Å². The number of rotatable bonds is 5. The van der Waals surface area contributed by atoms with Gasteiger partial charge in [-0.2, -0.15) is 0 Å². The zero-order valence-electron chi connectivity index (χ0n) is 10.8. The van der Waals surface area contributed by atoms with Crippen molar-refractivity contribution >= 4 is 0 Å². The third kappa shape index (κ3) is 5.53. The Morgan fingerprint density at radius 2 is 2.07 bits per heavy atom. The molecule has 1 atom stereocenters. The third-order valence-electron chi connectivity index (χ3n) is 3.36. The van der Waals surface area contributed by atoms with Crippen molar-refractivity contribution in [2.24, 2.45) is 11.1 Å². The third-order valence-corrected chi connectivity index (χ3v) is 3.36. The monoisotopic (exact) mass is 212 g/mol. The van der Waals surface area contributed by atoms with Crippen molar-refractivity contribution in [1.82, 2.24) is 4.90 Å². The Hall–Kier alpha value is -0.0800.